The molecule has 1 heterocycles. The van der Waals surface area contributed by atoms with Crippen molar-refractivity contribution in [2.75, 3.05) is 18.6 Å². The van der Waals surface area contributed by atoms with Crippen molar-refractivity contribution in [2.24, 2.45) is 0 Å². The minimum absolute atomic E-state index is 0.248. The zero-order chi connectivity index (χ0) is 19.1. The number of urea groups is 1. The average Bonchev–Trinajstić information content (AvgIpc) is 3.10. The van der Waals surface area contributed by atoms with Crippen molar-refractivity contribution in [3.05, 3.63) is 29.8 Å². The molecule has 0 aromatic heterocycles. The van der Waals surface area contributed by atoms with Gasteiger partial charge in [-0.05, 0) is 51.3 Å². The maximum Gasteiger partial charge on any atom is 0.328 e. The Morgan fingerprint density at radius 2 is 2.12 bits per heavy atom. The van der Waals surface area contributed by atoms with Gasteiger partial charge in [-0.15, -0.1) is 0 Å². The number of nitrogens with zero attached hydrogens (tertiary/aromatic N) is 1. The summed E-state index contributed by atoms with van der Waals surface area (Å²) in [5, 5.41) is 2.58. The lowest BCUT2D eigenvalue weighted by Gasteiger charge is -2.25. The predicted octanol–water partition coefficient (Wildman–Crippen LogP) is 1.56. The lowest BCUT2D eigenvalue weighted by atomic mass is 10.2. The zero-order valence-electron chi connectivity index (χ0n) is 15.4. The van der Waals surface area contributed by atoms with Crippen LogP contribution in [0.15, 0.2) is 24.3 Å². The molecule has 142 valence electrons. The van der Waals surface area contributed by atoms with Gasteiger partial charge in [0.05, 0.1) is 12.3 Å². The number of hydrogen-bond acceptors (Lipinski definition) is 5. The monoisotopic (exact) mass is 362 g/mol. The zero-order valence-corrected chi connectivity index (χ0v) is 15.4. The van der Waals surface area contributed by atoms with E-state index in [4.69, 9.17) is 4.74 Å². The van der Waals surface area contributed by atoms with E-state index < -0.39 is 24.1 Å². The summed E-state index contributed by atoms with van der Waals surface area (Å²) in [6.07, 6.45) is 1.30. The van der Waals surface area contributed by atoms with Gasteiger partial charge in [-0.25, -0.2) is 9.59 Å². The van der Waals surface area contributed by atoms with Crippen molar-refractivity contribution >= 4 is 23.6 Å². The predicted molar refractivity (Wildman–Crippen MR) is 97.3 cm³/mol. The first-order valence-corrected chi connectivity index (χ1v) is 8.78. The second-order valence-electron chi connectivity index (χ2n) is 6.26. The summed E-state index contributed by atoms with van der Waals surface area (Å²) < 4.78 is 4.88. The van der Waals surface area contributed by atoms with E-state index in [0.717, 1.165) is 17.7 Å². The number of ether oxygens (including phenoxy) is 1. The summed E-state index contributed by atoms with van der Waals surface area (Å²) in [5.41, 5.74) is 7.35. The molecule has 0 bridgehead atoms. The minimum atomic E-state index is -0.766. The summed E-state index contributed by atoms with van der Waals surface area (Å²) in [5.74, 6) is -0.787. The fourth-order valence-electron chi connectivity index (χ4n) is 2.82. The van der Waals surface area contributed by atoms with Crippen molar-refractivity contribution in [1.82, 2.24) is 15.6 Å². The third kappa shape index (κ3) is 5.11. The molecule has 0 spiro atoms. The molecular formula is C18H26N4O4. The SMILES string of the molecule is CCOC(=O)[C@H](C)NC(=O)N1CCCC1C(=O)NNc1cccc(C)c1. The first-order chi connectivity index (χ1) is 12.4. The maximum atomic E-state index is 12.5. The van der Waals surface area contributed by atoms with Crippen LogP contribution >= 0.6 is 0 Å². The molecule has 1 saturated heterocycles. The summed E-state index contributed by atoms with van der Waals surface area (Å²) in [7, 11) is 0. The average molecular weight is 362 g/mol. The van der Waals surface area contributed by atoms with Crippen LogP contribution in [-0.4, -0.2) is 48.0 Å². The van der Waals surface area contributed by atoms with Gasteiger partial charge in [-0.2, -0.15) is 0 Å². The van der Waals surface area contributed by atoms with Crippen molar-refractivity contribution in [1.29, 1.82) is 0 Å². The Morgan fingerprint density at radius 3 is 2.81 bits per heavy atom. The molecule has 3 amide bonds. The second-order valence-corrected chi connectivity index (χ2v) is 6.26. The molecule has 3 N–H and O–H groups in total. The second kappa shape index (κ2) is 9.07. The van der Waals surface area contributed by atoms with Gasteiger partial charge in [0.2, 0.25) is 0 Å². The van der Waals surface area contributed by atoms with Gasteiger partial charge in [-0.1, -0.05) is 12.1 Å². The van der Waals surface area contributed by atoms with Gasteiger partial charge >= 0.3 is 12.0 Å². The molecule has 0 radical (unpaired) electrons. The summed E-state index contributed by atoms with van der Waals surface area (Å²) in [4.78, 5) is 38.0. The molecule has 0 aliphatic carbocycles. The Kier molecular flexibility index (Phi) is 6.82. The van der Waals surface area contributed by atoms with Crippen LogP contribution < -0.4 is 16.2 Å². The van der Waals surface area contributed by atoms with E-state index >= 15 is 0 Å². The molecule has 1 aromatic carbocycles. The van der Waals surface area contributed by atoms with Crippen LogP contribution in [0.1, 0.15) is 32.3 Å². The number of carbonyl (C=O) groups excluding carboxylic acids is 3. The number of hydrogen-bond donors (Lipinski definition) is 3. The number of benzene rings is 1. The number of aryl methyl sites for hydroxylation is 1. The molecule has 1 unspecified atom stereocenters. The molecule has 1 fully saturated rings. The van der Waals surface area contributed by atoms with E-state index in [1.807, 2.05) is 31.2 Å². The molecule has 1 aromatic rings. The Labute approximate surface area is 153 Å². The van der Waals surface area contributed by atoms with E-state index in [1.54, 1.807) is 13.8 Å². The molecule has 26 heavy (non-hydrogen) atoms. The number of likely N-dealkylation sites (tertiary alicyclic amines) is 1. The van der Waals surface area contributed by atoms with E-state index in [-0.39, 0.29) is 12.5 Å². The highest BCUT2D eigenvalue weighted by molar-refractivity contribution is 5.90. The van der Waals surface area contributed by atoms with Crippen LogP contribution in [0.25, 0.3) is 0 Å². The third-order valence-electron chi connectivity index (χ3n) is 4.14. The third-order valence-corrected chi connectivity index (χ3v) is 4.14. The van der Waals surface area contributed by atoms with Crippen molar-refractivity contribution in [3.8, 4) is 0 Å². The van der Waals surface area contributed by atoms with Crippen molar-refractivity contribution in [3.63, 3.8) is 0 Å². The summed E-state index contributed by atoms with van der Waals surface area (Å²) in [6, 6.07) is 5.79. The first kappa shape index (κ1) is 19.6. The normalized spacial score (nSPS) is 17.3. The minimum Gasteiger partial charge on any atom is -0.464 e. The fraction of sp³-hybridized carbons (Fsp3) is 0.500. The number of esters is 1. The van der Waals surface area contributed by atoms with Gasteiger partial charge in [0.25, 0.3) is 5.91 Å². The molecular weight excluding hydrogens is 336 g/mol. The fourth-order valence-corrected chi connectivity index (χ4v) is 2.82. The number of rotatable bonds is 6. The highest BCUT2D eigenvalue weighted by Gasteiger charge is 2.35. The van der Waals surface area contributed by atoms with Gasteiger partial charge < -0.3 is 15.0 Å². The Bertz CT molecular complexity index is 664. The van der Waals surface area contributed by atoms with E-state index in [0.29, 0.717) is 13.0 Å². The lowest BCUT2D eigenvalue weighted by Crippen LogP contribution is -2.53. The van der Waals surface area contributed by atoms with Crippen molar-refractivity contribution in [2.45, 2.75) is 45.7 Å². The molecule has 1 aliphatic rings. The van der Waals surface area contributed by atoms with Gasteiger partial charge in [-0.3, -0.25) is 15.6 Å². The Morgan fingerprint density at radius 1 is 1.35 bits per heavy atom. The first-order valence-electron chi connectivity index (χ1n) is 8.78. The number of anilines is 1. The molecule has 8 nitrogen and oxygen atoms in total. The van der Waals surface area contributed by atoms with Gasteiger partial charge in [0, 0.05) is 6.54 Å². The van der Waals surface area contributed by atoms with Gasteiger partial charge in [0.1, 0.15) is 12.1 Å². The van der Waals surface area contributed by atoms with Crippen LogP contribution in [0.5, 0.6) is 0 Å². The van der Waals surface area contributed by atoms with E-state index in [2.05, 4.69) is 16.2 Å². The number of nitrogens with one attached hydrogen (secondary N) is 3. The van der Waals surface area contributed by atoms with Crippen molar-refractivity contribution < 1.29 is 19.1 Å². The Balaban J connectivity index is 1.90. The quantitative estimate of drug-likeness (QED) is 0.527. The number of carbonyl (C=O) groups is 3. The highest BCUT2D eigenvalue weighted by atomic mass is 16.5. The van der Waals surface area contributed by atoms with Crippen LogP contribution in [0.2, 0.25) is 0 Å². The maximum absolute atomic E-state index is 12.5. The molecule has 2 rings (SSSR count). The van der Waals surface area contributed by atoms with Crippen LogP contribution in [0.4, 0.5) is 10.5 Å². The molecule has 8 heteroatoms. The van der Waals surface area contributed by atoms with Crippen LogP contribution in [0.3, 0.4) is 0 Å². The standard InChI is InChI=1S/C18H26N4O4/c1-4-26-17(24)13(3)19-18(25)22-10-6-9-15(22)16(23)21-20-14-8-5-7-12(2)11-14/h5,7-8,11,13,15,20H,4,6,9-10H2,1-3H3,(H,19,25)(H,21,23)/t13-,15?/m0/s1. The lowest BCUT2D eigenvalue weighted by molar-refractivity contribution is -0.144. The van der Waals surface area contributed by atoms with Gasteiger partial charge in [0.15, 0.2) is 0 Å². The highest BCUT2D eigenvalue weighted by Crippen LogP contribution is 2.18. The van der Waals surface area contributed by atoms with Crippen LogP contribution in [-0.2, 0) is 14.3 Å². The number of amides is 3. The molecule has 2 atom stereocenters. The summed E-state index contributed by atoms with van der Waals surface area (Å²) >= 11 is 0. The Hall–Kier alpha value is -2.77. The van der Waals surface area contributed by atoms with E-state index in [1.165, 1.54) is 4.90 Å². The molecule has 0 saturated carbocycles. The topological polar surface area (TPSA) is 99.8 Å². The van der Waals surface area contributed by atoms with Crippen LogP contribution in [0, 0.1) is 6.92 Å². The largest absolute Gasteiger partial charge is 0.464 e. The number of hydrazine groups is 1. The molecule has 1 aliphatic heterocycles. The smallest absolute Gasteiger partial charge is 0.328 e. The van der Waals surface area contributed by atoms with E-state index in [9.17, 15) is 14.4 Å². The summed E-state index contributed by atoms with van der Waals surface area (Å²) in [6.45, 7) is 5.93.